The number of imidazole rings is 1. The van der Waals surface area contributed by atoms with Gasteiger partial charge in [-0.05, 0) is 37.0 Å². The van der Waals surface area contributed by atoms with E-state index in [1.54, 1.807) is 18.2 Å². The highest BCUT2D eigenvalue weighted by Gasteiger charge is 2.30. The summed E-state index contributed by atoms with van der Waals surface area (Å²) < 4.78 is 18.8. The van der Waals surface area contributed by atoms with E-state index in [-0.39, 0.29) is 18.7 Å². The molecule has 0 bridgehead atoms. The number of ether oxygens (including phenoxy) is 3. The van der Waals surface area contributed by atoms with Crippen molar-refractivity contribution < 1.29 is 19.0 Å². The van der Waals surface area contributed by atoms with E-state index in [1.807, 2.05) is 17.4 Å². The van der Waals surface area contributed by atoms with Gasteiger partial charge in [-0.15, -0.1) is 0 Å². The van der Waals surface area contributed by atoms with Gasteiger partial charge in [-0.2, -0.15) is 0 Å². The summed E-state index contributed by atoms with van der Waals surface area (Å²) in [5.41, 5.74) is 1.64. The molecular weight excluding hydrogens is 334 g/mol. The van der Waals surface area contributed by atoms with Crippen molar-refractivity contribution >= 4 is 5.91 Å². The van der Waals surface area contributed by atoms with Crippen LogP contribution in [0.1, 0.15) is 34.9 Å². The first kappa shape index (κ1) is 15.7. The third kappa shape index (κ3) is 2.92. The molecule has 3 heterocycles. The summed E-state index contributed by atoms with van der Waals surface area (Å²) in [4.78, 5) is 19.1. The number of nitrogens with zero attached hydrogens (tertiary/aromatic N) is 3. The fourth-order valence-electron chi connectivity index (χ4n) is 3.54. The van der Waals surface area contributed by atoms with Crippen molar-refractivity contribution in [1.82, 2.24) is 14.5 Å². The Balaban J connectivity index is 1.33. The smallest absolute Gasteiger partial charge is 0.254 e. The molecule has 7 nitrogen and oxygen atoms in total. The Morgan fingerprint density at radius 3 is 3.00 bits per heavy atom. The maximum Gasteiger partial charge on any atom is 0.254 e. The van der Waals surface area contributed by atoms with Crippen LogP contribution in [0.2, 0.25) is 0 Å². The van der Waals surface area contributed by atoms with Crippen molar-refractivity contribution in [3.8, 4) is 11.5 Å². The minimum absolute atomic E-state index is 0.0112. The van der Waals surface area contributed by atoms with E-state index in [1.165, 1.54) is 12.8 Å². The van der Waals surface area contributed by atoms with E-state index < -0.39 is 0 Å². The SMILES string of the molecule is O=C(c1ccc2c(c1)OCO2)N1Cc2cncn2[C@H](COCC2CC2)C1. The predicted molar refractivity (Wildman–Crippen MR) is 92.1 cm³/mol. The van der Waals surface area contributed by atoms with Gasteiger partial charge in [0.2, 0.25) is 6.79 Å². The van der Waals surface area contributed by atoms with Crippen LogP contribution in [0.15, 0.2) is 30.7 Å². The topological polar surface area (TPSA) is 65.8 Å². The molecule has 26 heavy (non-hydrogen) atoms. The number of hydrogen-bond acceptors (Lipinski definition) is 5. The van der Waals surface area contributed by atoms with E-state index in [9.17, 15) is 4.79 Å². The number of amides is 1. The molecule has 0 spiro atoms. The fraction of sp³-hybridized carbons (Fsp3) is 0.474. The molecule has 136 valence electrons. The van der Waals surface area contributed by atoms with Crippen LogP contribution >= 0.6 is 0 Å². The summed E-state index contributed by atoms with van der Waals surface area (Å²) in [6.45, 7) is 2.78. The first-order valence-corrected chi connectivity index (χ1v) is 9.05. The van der Waals surface area contributed by atoms with E-state index in [0.717, 1.165) is 18.2 Å². The van der Waals surface area contributed by atoms with Crippen molar-refractivity contribution in [3.63, 3.8) is 0 Å². The summed E-state index contributed by atoms with van der Waals surface area (Å²) in [7, 11) is 0. The maximum absolute atomic E-state index is 13.0. The molecule has 0 unspecified atom stereocenters. The highest BCUT2D eigenvalue weighted by molar-refractivity contribution is 5.95. The quantitative estimate of drug-likeness (QED) is 0.823. The highest BCUT2D eigenvalue weighted by atomic mass is 16.7. The Labute approximate surface area is 151 Å². The van der Waals surface area contributed by atoms with Gasteiger partial charge in [0.25, 0.3) is 5.91 Å². The molecule has 1 atom stereocenters. The lowest BCUT2D eigenvalue weighted by Gasteiger charge is -2.34. The maximum atomic E-state index is 13.0. The third-order valence-electron chi connectivity index (χ3n) is 5.19. The molecule has 1 amide bonds. The molecule has 1 aliphatic carbocycles. The zero-order valence-corrected chi connectivity index (χ0v) is 14.5. The average molecular weight is 355 g/mol. The lowest BCUT2D eigenvalue weighted by Crippen LogP contribution is -2.42. The summed E-state index contributed by atoms with van der Waals surface area (Å²) in [6, 6.07) is 5.44. The number of benzene rings is 1. The van der Waals surface area contributed by atoms with E-state index >= 15 is 0 Å². The van der Waals surface area contributed by atoms with Gasteiger partial charge in [0.05, 0.1) is 31.2 Å². The zero-order valence-electron chi connectivity index (χ0n) is 14.5. The molecule has 1 fully saturated rings. The van der Waals surface area contributed by atoms with Gasteiger partial charge in [0.1, 0.15) is 0 Å². The lowest BCUT2D eigenvalue weighted by molar-refractivity contribution is 0.0498. The van der Waals surface area contributed by atoms with Gasteiger partial charge >= 0.3 is 0 Å². The Hall–Kier alpha value is -2.54. The van der Waals surface area contributed by atoms with Crippen molar-refractivity contribution in [1.29, 1.82) is 0 Å². The Morgan fingerprint density at radius 1 is 1.23 bits per heavy atom. The molecule has 5 rings (SSSR count). The van der Waals surface area contributed by atoms with Gasteiger partial charge in [0.15, 0.2) is 11.5 Å². The normalized spacial score (nSPS) is 20.9. The number of carbonyl (C=O) groups excluding carboxylic acids is 1. The average Bonchev–Trinajstić information content (AvgIpc) is 3.17. The molecule has 1 saturated carbocycles. The van der Waals surface area contributed by atoms with E-state index in [2.05, 4.69) is 9.55 Å². The molecule has 0 saturated heterocycles. The van der Waals surface area contributed by atoms with Crippen LogP contribution in [0.4, 0.5) is 0 Å². The first-order chi connectivity index (χ1) is 12.8. The summed E-state index contributed by atoms with van der Waals surface area (Å²) >= 11 is 0. The van der Waals surface area contributed by atoms with Gasteiger partial charge in [0, 0.05) is 24.9 Å². The summed E-state index contributed by atoms with van der Waals surface area (Å²) in [5.74, 6) is 2.03. The van der Waals surface area contributed by atoms with Crippen molar-refractivity contribution in [2.45, 2.75) is 25.4 Å². The van der Waals surface area contributed by atoms with E-state index in [4.69, 9.17) is 14.2 Å². The monoisotopic (exact) mass is 355 g/mol. The second-order valence-electron chi connectivity index (χ2n) is 7.18. The molecular formula is C19H21N3O4. The number of hydrogen-bond donors (Lipinski definition) is 0. The van der Waals surface area contributed by atoms with Crippen LogP contribution in [0.25, 0.3) is 0 Å². The molecule has 1 aromatic heterocycles. The molecule has 0 N–H and O–H groups in total. The number of carbonyl (C=O) groups is 1. The third-order valence-corrected chi connectivity index (χ3v) is 5.19. The van der Waals surface area contributed by atoms with Crippen molar-refractivity contribution in [3.05, 3.63) is 42.0 Å². The second kappa shape index (κ2) is 6.32. The number of fused-ring (bicyclic) bond motifs is 2. The Kier molecular flexibility index (Phi) is 3.81. The fourth-order valence-corrected chi connectivity index (χ4v) is 3.54. The van der Waals surface area contributed by atoms with Gasteiger partial charge in [-0.25, -0.2) is 4.98 Å². The minimum atomic E-state index is -0.0112. The molecule has 7 heteroatoms. The molecule has 2 aromatic rings. The largest absolute Gasteiger partial charge is 0.454 e. The molecule has 2 aliphatic heterocycles. The zero-order chi connectivity index (χ0) is 17.5. The van der Waals surface area contributed by atoms with Crippen LogP contribution in [0.3, 0.4) is 0 Å². The number of aromatic nitrogens is 2. The van der Waals surface area contributed by atoms with Gasteiger partial charge in [-0.3, -0.25) is 4.79 Å². The van der Waals surface area contributed by atoms with Crippen LogP contribution in [-0.2, 0) is 11.3 Å². The van der Waals surface area contributed by atoms with Crippen molar-refractivity contribution in [2.75, 3.05) is 26.6 Å². The van der Waals surface area contributed by atoms with E-state index in [0.29, 0.717) is 36.8 Å². The predicted octanol–water partition coefficient (Wildman–Crippen LogP) is 2.24. The summed E-state index contributed by atoms with van der Waals surface area (Å²) in [5, 5.41) is 0. The standard InChI is InChI=1S/C19H21N3O4/c23-19(14-3-4-17-18(5-14)26-12-25-17)21-7-15-6-20-11-22(15)16(8-21)10-24-9-13-1-2-13/h3-6,11,13,16H,1-2,7-10,12H2/t16-/m0/s1. The number of rotatable bonds is 5. The minimum Gasteiger partial charge on any atom is -0.454 e. The lowest BCUT2D eigenvalue weighted by atomic mass is 10.1. The van der Waals surface area contributed by atoms with Crippen LogP contribution in [0, 0.1) is 5.92 Å². The highest BCUT2D eigenvalue weighted by Crippen LogP contribution is 2.33. The van der Waals surface area contributed by atoms with Crippen molar-refractivity contribution in [2.24, 2.45) is 5.92 Å². The Bertz CT molecular complexity index is 830. The summed E-state index contributed by atoms with van der Waals surface area (Å²) in [6.07, 6.45) is 6.21. The van der Waals surface area contributed by atoms with Crippen LogP contribution in [0.5, 0.6) is 11.5 Å². The molecule has 0 radical (unpaired) electrons. The van der Waals surface area contributed by atoms with Crippen LogP contribution < -0.4 is 9.47 Å². The first-order valence-electron chi connectivity index (χ1n) is 9.05. The second-order valence-corrected chi connectivity index (χ2v) is 7.18. The van der Waals surface area contributed by atoms with Gasteiger partial charge < -0.3 is 23.7 Å². The van der Waals surface area contributed by atoms with Crippen LogP contribution in [-0.4, -0.2) is 46.9 Å². The van der Waals surface area contributed by atoms with Gasteiger partial charge in [-0.1, -0.05) is 0 Å². The molecule has 1 aromatic carbocycles. The molecule has 3 aliphatic rings. The Morgan fingerprint density at radius 2 is 2.12 bits per heavy atom.